The first-order valence-electron chi connectivity index (χ1n) is 7.16. The maximum absolute atomic E-state index is 11.8. The number of carbonyl (C=O) groups is 2. The van der Waals surface area contributed by atoms with Gasteiger partial charge >= 0.3 is 11.9 Å². The normalized spacial score (nSPS) is 12.1. The van der Waals surface area contributed by atoms with Gasteiger partial charge in [0, 0.05) is 0 Å². The predicted octanol–water partition coefficient (Wildman–Crippen LogP) is 3.48. The van der Waals surface area contributed by atoms with Gasteiger partial charge < -0.3 is 9.47 Å². The lowest BCUT2D eigenvalue weighted by Gasteiger charge is -2.30. The van der Waals surface area contributed by atoms with Crippen LogP contribution >= 0.6 is 0 Å². The largest absolute Gasteiger partial charge is 0.457 e. The van der Waals surface area contributed by atoms with Crippen molar-refractivity contribution in [2.45, 2.75) is 72.8 Å². The first kappa shape index (κ1) is 17.9. The van der Waals surface area contributed by atoms with Gasteiger partial charge in [-0.3, -0.25) is 4.79 Å². The van der Waals surface area contributed by atoms with Gasteiger partial charge in [0.25, 0.3) is 0 Å². The molecule has 112 valence electrons. The molecule has 0 aromatic heterocycles. The molecule has 4 heteroatoms. The van der Waals surface area contributed by atoms with E-state index in [1.54, 1.807) is 13.8 Å². The van der Waals surface area contributed by atoms with E-state index >= 15 is 0 Å². The van der Waals surface area contributed by atoms with Gasteiger partial charge in [-0.25, -0.2) is 4.79 Å². The lowest BCUT2D eigenvalue weighted by atomic mass is 9.91. The summed E-state index contributed by atoms with van der Waals surface area (Å²) in [5, 5.41) is 0. The summed E-state index contributed by atoms with van der Waals surface area (Å²) >= 11 is 0. The zero-order valence-corrected chi connectivity index (χ0v) is 13.2. The first-order chi connectivity index (χ1) is 8.76. The summed E-state index contributed by atoms with van der Waals surface area (Å²) in [6.07, 6.45) is 2.96. The molecule has 4 nitrogen and oxygen atoms in total. The second-order valence-electron chi connectivity index (χ2n) is 5.53. The highest BCUT2D eigenvalue weighted by molar-refractivity contribution is 5.79. The summed E-state index contributed by atoms with van der Waals surface area (Å²) in [7, 11) is 0. The van der Waals surface area contributed by atoms with Crippen molar-refractivity contribution in [2.75, 3.05) is 6.61 Å². The first-order valence-corrected chi connectivity index (χ1v) is 7.16. The number of hydrogen-bond acceptors (Lipinski definition) is 4. The molecule has 0 spiro atoms. The highest BCUT2D eigenvalue weighted by Gasteiger charge is 2.31. The molecule has 0 aliphatic carbocycles. The van der Waals surface area contributed by atoms with Crippen LogP contribution in [0, 0.1) is 5.41 Å². The Morgan fingerprint density at radius 2 is 1.37 bits per heavy atom. The fraction of sp³-hybridized carbons (Fsp3) is 0.867. The Kier molecular flexibility index (Phi) is 7.09. The molecule has 0 radical (unpaired) electrons. The monoisotopic (exact) mass is 272 g/mol. The van der Waals surface area contributed by atoms with Crippen LogP contribution in [0.4, 0.5) is 0 Å². The van der Waals surface area contributed by atoms with Gasteiger partial charge in [0.2, 0.25) is 0 Å². The molecule has 0 heterocycles. The maximum atomic E-state index is 11.8. The minimum Gasteiger partial charge on any atom is -0.457 e. The minimum atomic E-state index is -0.558. The van der Waals surface area contributed by atoms with Crippen molar-refractivity contribution in [3.63, 3.8) is 0 Å². The van der Waals surface area contributed by atoms with Gasteiger partial charge in [-0.15, -0.1) is 0 Å². The quantitative estimate of drug-likeness (QED) is 0.635. The fourth-order valence-corrected chi connectivity index (χ4v) is 1.70. The van der Waals surface area contributed by atoms with Crippen molar-refractivity contribution < 1.29 is 19.1 Å². The second kappa shape index (κ2) is 7.51. The zero-order chi connectivity index (χ0) is 15.1. The number of hydrogen-bond donors (Lipinski definition) is 0. The van der Waals surface area contributed by atoms with Gasteiger partial charge in [0.1, 0.15) is 5.60 Å². The van der Waals surface area contributed by atoms with Crippen molar-refractivity contribution in [3.05, 3.63) is 0 Å². The molecule has 0 rings (SSSR count). The Morgan fingerprint density at radius 1 is 0.895 bits per heavy atom. The van der Waals surface area contributed by atoms with Crippen LogP contribution in [0.15, 0.2) is 0 Å². The van der Waals surface area contributed by atoms with Crippen LogP contribution in [0.2, 0.25) is 0 Å². The molecule has 0 aliphatic rings. The Morgan fingerprint density at radius 3 is 1.74 bits per heavy atom. The van der Waals surface area contributed by atoms with Crippen molar-refractivity contribution in [2.24, 2.45) is 5.41 Å². The summed E-state index contributed by atoms with van der Waals surface area (Å²) in [6, 6.07) is 0. The smallest absolute Gasteiger partial charge is 0.344 e. The molecule has 0 N–H and O–H groups in total. The average molecular weight is 272 g/mol. The fourth-order valence-electron chi connectivity index (χ4n) is 1.70. The second-order valence-corrected chi connectivity index (χ2v) is 5.53. The summed E-state index contributed by atoms with van der Waals surface area (Å²) in [6.45, 7) is 11.2. The standard InChI is InChI=1S/C15H28O4/c1-7-14(5,6)13(17)18-11-12(16)19-15(8-2,9-3)10-4/h7-11H2,1-6H3. The van der Waals surface area contributed by atoms with Gasteiger partial charge in [-0.05, 0) is 39.5 Å². The summed E-state index contributed by atoms with van der Waals surface area (Å²) in [4.78, 5) is 23.5. The SMILES string of the molecule is CCC(CC)(CC)OC(=O)COC(=O)C(C)(C)CC. The maximum Gasteiger partial charge on any atom is 0.344 e. The molecule has 0 aliphatic heterocycles. The van der Waals surface area contributed by atoms with Gasteiger partial charge in [0.05, 0.1) is 5.41 Å². The highest BCUT2D eigenvalue weighted by atomic mass is 16.6. The Hall–Kier alpha value is -1.06. The number of carbonyl (C=O) groups excluding carboxylic acids is 2. The van der Waals surface area contributed by atoms with Gasteiger partial charge in [-0.1, -0.05) is 27.7 Å². The van der Waals surface area contributed by atoms with E-state index in [1.807, 2.05) is 27.7 Å². The molecule has 0 saturated carbocycles. The van der Waals surface area contributed by atoms with E-state index < -0.39 is 17.0 Å². The van der Waals surface area contributed by atoms with E-state index in [1.165, 1.54) is 0 Å². The highest BCUT2D eigenvalue weighted by Crippen LogP contribution is 2.25. The van der Waals surface area contributed by atoms with E-state index in [4.69, 9.17) is 9.47 Å². The summed E-state index contributed by atoms with van der Waals surface area (Å²) < 4.78 is 10.5. The predicted molar refractivity (Wildman–Crippen MR) is 74.7 cm³/mol. The summed E-state index contributed by atoms with van der Waals surface area (Å²) in [5.74, 6) is -0.826. The molecule has 0 saturated heterocycles. The van der Waals surface area contributed by atoms with E-state index in [2.05, 4.69) is 0 Å². The third kappa shape index (κ3) is 5.21. The third-order valence-electron chi connectivity index (χ3n) is 4.02. The molecule has 0 aromatic rings. The molecular formula is C15H28O4. The molecular weight excluding hydrogens is 244 g/mol. The van der Waals surface area contributed by atoms with E-state index in [9.17, 15) is 9.59 Å². The van der Waals surface area contributed by atoms with Crippen LogP contribution in [0.5, 0.6) is 0 Å². The van der Waals surface area contributed by atoms with Crippen LogP contribution < -0.4 is 0 Å². The van der Waals surface area contributed by atoms with Crippen LogP contribution in [0.3, 0.4) is 0 Å². The van der Waals surface area contributed by atoms with Crippen LogP contribution in [0.1, 0.15) is 67.2 Å². The molecule has 0 amide bonds. The molecule has 0 fully saturated rings. The third-order valence-corrected chi connectivity index (χ3v) is 4.02. The Balaban J connectivity index is 4.38. The summed E-state index contributed by atoms with van der Waals surface area (Å²) in [5.41, 5.74) is -0.985. The van der Waals surface area contributed by atoms with E-state index in [0.717, 1.165) is 19.3 Å². The van der Waals surface area contributed by atoms with E-state index in [-0.39, 0.29) is 12.6 Å². The number of ether oxygens (including phenoxy) is 2. The Labute approximate surface area is 116 Å². The van der Waals surface area contributed by atoms with E-state index in [0.29, 0.717) is 6.42 Å². The van der Waals surface area contributed by atoms with Crippen LogP contribution in [-0.2, 0) is 19.1 Å². The lowest BCUT2D eigenvalue weighted by molar-refractivity contribution is -0.174. The topological polar surface area (TPSA) is 52.6 Å². The van der Waals surface area contributed by atoms with Crippen LogP contribution in [0.25, 0.3) is 0 Å². The van der Waals surface area contributed by atoms with Crippen molar-refractivity contribution in [1.29, 1.82) is 0 Å². The van der Waals surface area contributed by atoms with Crippen LogP contribution in [-0.4, -0.2) is 24.1 Å². The minimum absolute atomic E-state index is 0.302. The molecule has 0 bridgehead atoms. The van der Waals surface area contributed by atoms with Gasteiger partial charge in [-0.2, -0.15) is 0 Å². The van der Waals surface area contributed by atoms with Crippen molar-refractivity contribution in [3.8, 4) is 0 Å². The molecule has 0 unspecified atom stereocenters. The van der Waals surface area contributed by atoms with Gasteiger partial charge in [0.15, 0.2) is 6.61 Å². The Bertz CT molecular complexity index is 295. The lowest BCUT2D eigenvalue weighted by Crippen LogP contribution is -2.36. The van der Waals surface area contributed by atoms with Crippen molar-refractivity contribution in [1.82, 2.24) is 0 Å². The molecule has 0 aromatic carbocycles. The molecule has 0 atom stereocenters. The number of esters is 2. The van der Waals surface area contributed by atoms with Crippen molar-refractivity contribution >= 4 is 11.9 Å². The molecule has 19 heavy (non-hydrogen) atoms. The zero-order valence-electron chi connectivity index (χ0n) is 13.2. The number of rotatable bonds is 8. The average Bonchev–Trinajstić information content (AvgIpc) is 2.42.